The Bertz CT molecular complexity index is 1120. The van der Waals surface area contributed by atoms with Gasteiger partial charge in [0.05, 0.1) is 16.5 Å². The second-order valence-corrected chi connectivity index (χ2v) is 9.82. The van der Waals surface area contributed by atoms with E-state index in [2.05, 4.69) is 10.4 Å². The molecular weight excluding hydrogens is 406 g/mol. The third kappa shape index (κ3) is 3.97. The molecule has 1 aliphatic rings. The molecule has 10 heteroatoms. The van der Waals surface area contributed by atoms with Crippen molar-refractivity contribution in [3.8, 4) is 0 Å². The number of hydrogen-bond donors (Lipinski definition) is 1. The van der Waals surface area contributed by atoms with Crippen LogP contribution in [-0.4, -0.2) is 59.9 Å². The van der Waals surface area contributed by atoms with E-state index in [4.69, 9.17) is 0 Å². The normalized spacial score (nSPS) is 16.8. The fourth-order valence-corrected chi connectivity index (χ4v) is 5.46. The minimum atomic E-state index is -3.87. The van der Waals surface area contributed by atoms with Gasteiger partial charge < -0.3 is 10.2 Å². The van der Waals surface area contributed by atoms with Crippen LogP contribution < -0.4 is 5.32 Å². The number of nitrogens with one attached hydrogen (secondary N) is 1. The fraction of sp³-hybridized carbons (Fsp3) is 0.450. The summed E-state index contributed by atoms with van der Waals surface area (Å²) < 4.78 is 30.0. The van der Waals surface area contributed by atoms with Crippen LogP contribution in [0.4, 0.5) is 5.69 Å². The molecule has 0 bridgehead atoms. The SMILES string of the molecule is CC(=O)Nc1cc(C)c(S(=O)(=O)N2Cc3cn(C)nc3[C@@H](C(=O)N(C)C)C2)cc1C. The number of aromatic nitrogens is 2. The molecule has 2 amide bonds. The van der Waals surface area contributed by atoms with Crippen molar-refractivity contribution < 1.29 is 18.0 Å². The first-order chi connectivity index (χ1) is 13.9. The number of amides is 2. The second kappa shape index (κ2) is 7.84. The molecule has 3 rings (SSSR count). The second-order valence-electron chi connectivity index (χ2n) is 7.91. The van der Waals surface area contributed by atoms with Crippen molar-refractivity contribution in [1.82, 2.24) is 19.0 Å². The molecular formula is C20H27N5O4S. The first-order valence-corrected chi connectivity index (χ1v) is 11.0. The smallest absolute Gasteiger partial charge is 0.243 e. The summed E-state index contributed by atoms with van der Waals surface area (Å²) in [6.45, 7) is 5.02. The zero-order chi connectivity index (χ0) is 22.4. The van der Waals surface area contributed by atoms with Crippen LogP contribution in [0.15, 0.2) is 23.2 Å². The maximum Gasteiger partial charge on any atom is 0.243 e. The first kappa shape index (κ1) is 22.0. The van der Waals surface area contributed by atoms with E-state index >= 15 is 0 Å². The van der Waals surface area contributed by atoms with Crippen molar-refractivity contribution in [3.05, 3.63) is 40.7 Å². The van der Waals surface area contributed by atoms with Crippen LogP contribution in [-0.2, 0) is 33.2 Å². The summed E-state index contributed by atoms with van der Waals surface area (Å²) in [7, 11) is 1.17. The molecule has 1 aromatic carbocycles. The average molecular weight is 434 g/mol. The highest BCUT2D eigenvalue weighted by Gasteiger charge is 2.39. The Morgan fingerprint density at radius 1 is 1.20 bits per heavy atom. The number of nitrogens with zero attached hydrogens (tertiary/aromatic N) is 4. The quantitative estimate of drug-likeness (QED) is 0.784. The molecule has 1 aliphatic heterocycles. The summed E-state index contributed by atoms with van der Waals surface area (Å²) in [5, 5.41) is 7.12. The Morgan fingerprint density at radius 3 is 2.47 bits per heavy atom. The van der Waals surface area contributed by atoms with Gasteiger partial charge in [-0.2, -0.15) is 9.40 Å². The zero-order valence-corrected chi connectivity index (χ0v) is 18.9. The van der Waals surface area contributed by atoms with Gasteiger partial charge in [-0.3, -0.25) is 14.3 Å². The standard InChI is InChI=1S/C20H27N5O4S/c1-12-8-18(13(2)7-17(12)21-14(3)26)30(28,29)25-10-15-9-24(6)22-19(15)16(11-25)20(27)23(4)5/h7-9,16H,10-11H2,1-6H3,(H,21,26)/t16-/m0/s1. The molecule has 0 saturated heterocycles. The third-order valence-electron chi connectivity index (χ3n) is 5.19. The third-order valence-corrected chi connectivity index (χ3v) is 7.14. The first-order valence-electron chi connectivity index (χ1n) is 9.54. The predicted molar refractivity (Wildman–Crippen MR) is 112 cm³/mol. The molecule has 2 aromatic rings. The van der Waals surface area contributed by atoms with Gasteiger partial charge in [-0.05, 0) is 37.1 Å². The molecule has 0 fully saturated rings. The van der Waals surface area contributed by atoms with E-state index < -0.39 is 15.9 Å². The van der Waals surface area contributed by atoms with Gasteiger partial charge >= 0.3 is 0 Å². The highest BCUT2D eigenvalue weighted by molar-refractivity contribution is 7.89. The van der Waals surface area contributed by atoms with Crippen LogP contribution in [0.1, 0.15) is 35.2 Å². The monoisotopic (exact) mass is 433 g/mol. The van der Waals surface area contributed by atoms with Gasteiger partial charge in [-0.25, -0.2) is 8.42 Å². The molecule has 0 spiro atoms. The van der Waals surface area contributed by atoms with Gasteiger partial charge in [-0.1, -0.05) is 0 Å². The zero-order valence-electron chi connectivity index (χ0n) is 18.1. The molecule has 162 valence electrons. The van der Waals surface area contributed by atoms with Crippen LogP contribution in [0, 0.1) is 13.8 Å². The number of hydrogen-bond acceptors (Lipinski definition) is 5. The lowest BCUT2D eigenvalue weighted by atomic mass is 9.97. The van der Waals surface area contributed by atoms with E-state index in [9.17, 15) is 18.0 Å². The summed E-state index contributed by atoms with van der Waals surface area (Å²) in [6, 6.07) is 3.23. The van der Waals surface area contributed by atoms with Crippen molar-refractivity contribution >= 4 is 27.5 Å². The summed E-state index contributed by atoms with van der Waals surface area (Å²) in [6.07, 6.45) is 1.75. The number of benzene rings is 1. The fourth-order valence-electron chi connectivity index (χ4n) is 3.74. The highest BCUT2D eigenvalue weighted by atomic mass is 32.2. The van der Waals surface area contributed by atoms with Crippen molar-refractivity contribution in [1.29, 1.82) is 0 Å². The minimum Gasteiger partial charge on any atom is -0.348 e. The minimum absolute atomic E-state index is 0.0231. The largest absolute Gasteiger partial charge is 0.348 e. The van der Waals surface area contributed by atoms with E-state index in [1.807, 2.05) is 0 Å². The Morgan fingerprint density at radius 2 is 1.87 bits per heavy atom. The molecule has 1 atom stereocenters. The predicted octanol–water partition coefficient (Wildman–Crippen LogP) is 1.37. The number of rotatable bonds is 4. The van der Waals surface area contributed by atoms with Gasteiger partial charge in [-0.15, -0.1) is 0 Å². The van der Waals surface area contributed by atoms with Crippen LogP contribution in [0.25, 0.3) is 0 Å². The average Bonchev–Trinajstić information content (AvgIpc) is 3.02. The summed E-state index contributed by atoms with van der Waals surface area (Å²) >= 11 is 0. The number of sulfonamides is 1. The maximum atomic E-state index is 13.5. The van der Waals surface area contributed by atoms with E-state index in [1.54, 1.807) is 58.0 Å². The van der Waals surface area contributed by atoms with Gasteiger partial charge in [0.1, 0.15) is 0 Å². The molecule has 2 heterocycles. The summed E-state index contributed by atoms with van der Waals surface area (Å²) in [5.74, 6) is -1.08. The van der Waals surface area contributed by atoms with E-state index in [1.165, 1.54) is 16.1 Å². The van der Waals surface area contributed by atoms with Crippen molar-refractivity contribution in [3.63, 3.8) is 0 Å². The Hall–Kier alpha value is -2.72. The molecule has 0 radical (unpaired) electrons. The Balaban J connectivity index is 2.03. The highest BCUT2D eigenvalue weighted by Crippen LogP contribution is 2.34. The number of likely N-dealkylation sites (N-methyl/N-ethyl adjacent to an activating group) is 1. The lowest BCUT2D eigenvalue weighted by Gasteiger charge is -2.32. The van der Waals surface area contributed by atoms with Gasteiger partial charge in [0.25, 0.3) is 0 Å². The van der Waals surface area contributed by atoms with E-state index in [0.29, 0.717) is 22.5 Å². The molecule has 0 unspecified atom stereocenters. The van der Waals surface area contributed by atoms with Crippen LogP contribution in [0.2, 0.25) is 0 Å². The van der Waals surface area contributed by atoms with Crippen molar-refractivity contribution in [2.24, 2.45) is 7.05 Å². The number of carbonyl (C=O) groups is 2. The lowest BCUT2D eigenvalue weighted by molar-refractivity contribution is -0.130. The number of anilines is 1. The maximum absolute atomic E-state index is 13.5. The van der Waals surface area contributed by atoms with Crippen LogP contribution in [0.5, 0.6) is 0 Å². The number of carbonyl (C=O) groups excluding carboxylic acids is 2. The molecule has 1 aromatic heterocycles. The summed E-state index contributed by atoms with van der Waals surface area (Å²) in [4.78, 5) is 25.8. The van der Waals surface area contributed by atoms with Gasteiger partial charge in [0, 0.05) is 58.6 Å². The summed E-state index contributed by atoms with van der Waals surface area (Å²) in [5.41, 5.74) is 3.09. The molecule has 1 N–H and O–H groups in total. The number of aryl methyl sites for hydroxylation is 3. The van der Waals surface area contributed by atoms with Gasteiger partial charge in [0.2, 0.25) is 21.8 Å². The van der Waals surface area contributed by atoms with Crippen LogP contribution >= 0.6 is 0 Å². The molecule has 30 heavy (non-hydrogen) atoms. The topological polar surface area (TPSA) is 105 Å². The van der Waals surface area contributed by atoms with Crippen molar-refractivity contribution in [2.45, 2.75) is 38.1 Å². The van der Waals surface area contributed by atoms with Crippen molar-refractivity contribution in [2.75, 3.05) is 26.0 Å². The molecule has 0 aliphatic carbocycles. The van der Waals surface area contributed by atoms with Gasteiger partial charge in [0.15, 0.2) is 0 Å². The Labute approximate surface area is 176 Å². The van der Waals surface area contributed by atoms with E-state index in [0.717, 1.165) is 5.56 Å². The molecule has 9 nitrogen and oxygen atoms in total. The Kier molecular flexibility index (Phi) is 5.74. The van der Waals surface area contributed by atoms with Crippen LogP contribution in [0.3, 0.4) is 0 Å². The number of fused-ring (bicyclic) bond motifs is 1. The molecule has 0 saturated carbocycles. The lowest BCUT2D eigenvalue weighted by Crippen LogP contribution is -2.43. The van der Waals surface area contributed by atoms with E-state index in [-0.39, 0.29) is 29.8 Å².